The van der Waals surface area contributed by atoms with E-state index in [1.165, 1.54) is 6.42 Å². The van der Waals surface area contributed by atoms with Crippen molar-refractivity contribution in [2.75, 3.05) is 20.1 Å². The van der Waals surface area contributed by atoms with Crippen LogP contribution in [-0.4, -0.2) is 36.1 Å². The molecule has 1 aromatic heterocycles. The number of rotatable bonds is 3. The molecule has 1 atom stereocenters. The molecule has 78 valence electrons. The predicted molar refractivity (Wildman–Crippen MR) is 54.0 cm³/mol. The molecule has 0 radical (unpaired) electrons. The summed E-state index contributed by atoms with van der Waals surface area (Å²) in [6.07, 6.45) is 3.00. The molecule has 1 aliphatic rings. The third-order valence-electron chi connectivity index (χ3n) is 2.71. The van der Waals surface area contributed by atoms with Gasteiger partial charge >= 0.3 is 0 Å². The molecule has 0 amide bonds. The molecule has 0 aromatic carbocycles. The fraction of sp³-hybridized carbons (Fsp3) is 0.700. The number of hydrogen-bond acceptors (Lipinski definition) is 4. The zero-order chi connectivity index (χ0) is 9.97. The van der Waals surface area contributed by atoms with E-state index in [-0.39, 0.29) is 0 Å². The molecule has 1 aromatic rings. The second kappa shape index (κ2) is 4.11. The van der Waals surface area contributed by atoms with Crippen molar-refractivity contribution < 1.29 is 4.42 Å². The summed E-state index contributed by atoms with van der Waals surface area (Å²) in [6, 6.07) is 0.631. The molecule has 4 heteroatoms. The lowest BCUT2D eigenvalue weighted by molar-refractivity contribution is 0.282. The summed E-state index contributed by atoms with van der Waals surface area (Å²) in [7, 11) is 2.02. The maximum absolute atomic E-state index is 5.44. The lowest BCUT2D eigenvalue weighted by Crippen LogP contribution is -2.29. The summed E-state index contributed by atoms with van der Waals surface area (Å²) in [5.41, 5.74) is 0. The van der Waals surface area contributed by atoms with Crippen LogP contribution in [0.2, 0.25) is 0 Å². The Bertz CT molecular complexity index is 297. The number of aromatic nitrogens is 1. The van der Waals surface area contributed by atoms with Crippen molar-refractivity contribution in [3.05, 3.63) is 17.8 Å². The normalized spacial score (nSPS) is 23.1. The van der Waals surface area contributed by atoms with Crippen LogP contribution in [-0.2, 0) is 6.54 Å². The molecular weight excluding hydrogens is 178 g/mol. The zero-order valence-corrected chi connectivity index (χ0v) is 8.79. The van der Waals surface area contributed by atoms with Gasteiger partial charge in [-0.05, 0) is 20.4 Å². The summed E-state index contributed by atoms with van der Waals surface area (Å²) < 4.78 is 5.44. The smallest absolute Gasteiger partial charge is 0.208 e. The Balaban J connectivity index is 1.87. The van der Waals surface area contributed by atoms with Gasteiger partial charge in [0.25, 0.3) is 0 Å². The van der Waals surface area contributed by atoms with Crippen LogP contribution in [0.1, 0.15) is 18.1 Å². The average molecular weight is 195 g/mol. The van der Waals surface area contributed by atoms with Gasteiger partial charge in [-0.15, -0.1) is 0 Å². The molecule has 0 spiro atoms. The molecule has 1 unspecified atom stereocenters. The average Bonchev–Trinajstić information content (AvgIpc) is 2.76. The Labute approximate surface area is 84.3 Å². The van der Waals surface area contributed by atoms with Gasteiger partial charge in [-0.3, -0.25) is 4.90 Å². The second-order valence-corrected chi connectivity index (χ2v) is 3.87. The number of hydrogen-bond donors (Lipinski definition) is 1. The summed E-state index contributed by atoms with van der Waals surface area (Å²) >= 11 is 0. The molecule has 2 rings (SSSR count). The van der Waals surface area contributed by atoms with Gasteiger partial charge in [-0.2, -0.15) is 0 Å². The molecule has 1 aliphatic heterocycles. The highest BCUT2D eigenvalue weighted by Gasteiger charge is 2.21. The van der Waals surface area contributed by atoms with Gasteiger partial charge in [-0.1, -0.05) is 0 Å². The SMILES string of the molecule is CNC1CCN(Cc2ncc(C)o2)C1. The quantitative estimate of drug-likeness (QED) is 0.773. The minimum atomic E-state index is 0.631. The number of likely N-dealkylation sites (N-methyl/N-ethyl adjacent to an activating group) is 1. The zero-order valence-electron chi connectivity index (χ0n) is 8.79. The van der Waals surface area contributed by atoms with E-state index in [4.69, 9.17) is 4.42 Å². The molecule has 1 N–H and O–H groups in total. The number of nitrogens with zero attached hydrogens (tertiary/aromatic N) is 2. The maximum atomic E-state index is 5.44. The van der Waals surface area contributed by atoms with Gasteiger partial charge < -0.3 is 9.73 Å². The molecule has 4 nitrogen and oxygen atoms in total. The summed E-state index contributed by atoms with van der Waals surface area (Å²) in [5.74, 6) is 1.73. The van der Waals surface area contributed by atoms with Gasteiger partial charge in [0.2, 0.25) is 5.89 Å². The maximum Gasteiger partial charge on any atom is 0.208 e. The molecule has 14 heavy (non-hydrogen) atoms. The van der Waals surface area contributed by atoms with Crippen LogP contribution >= 0.6 is 0 Å². The van der Waals surface area contributed by atoms with E-state index in [0.29, 0.717) is 6.04 Å². The van der Waals surface area contributed by atoms with Gasteiger partial charge in [0.05, 0.1) is 12.7 Å². The van der Waals surface area contributed by atoms with Gasteiger partial charge in [0, 0.05) is 19.1 Å². The van der Waals surface area contributed by atoms with E-state index >= 15 is 0 Å². The van der Waals surface area contributed by atoms with Gasteiger partial charge in [0.1, 0.15) is 5.76 Å². The monoisotopic (exact) mass is 195 g/mol. The van der Waals surface area contributed by atoms with Crippen LogP contribution in [0.3, 0.4) is 0 Å². The minimum absolute atomic E-state index is 0.631. The predicted octanol–water partition coefficient (Wildman–Crippen LogP) is 0.777. The van der Waals surface area contributed by atoms with Crippen molar-refractivity contribution in [3.63, 3.8) is 0 Å². The highest BCUT2D eigenvalue weighted by molar-refractivity contribution is 4.92. The van der Waals surface area contributed by atoms with Crippen molar-refractivity contribution in [1.82, 2.24) is 15.2 Å². The fourth-order valence-electron chi connectivity index (χ4n) is 1.88. The molecule has 0 saturated carbocycles. The molecule has 2 heterocycles. The van der Waals surface area contributed by atoms with Crippen LogP contribution in [0.5, 0.6) is 0 Å². The van der Waals surface area contributed by atoms with E-state index in [1.807, 2.05) is 14.0 Å². The third kappa shape index (κ3) is 2.13. The highest BCUT2D eigenvalue weighted by atomic mass is 16.4. The fourth-order valence-corrected chi connectivity index (χ4v) is 1.88. The first-order valence-electron chi connectivity index (χ1n) is 5.09. The Morgan fingerprint density at radius 2 is 2.57 bits per heavy atom. The molecule has 1 saturated heterocycles. The number of oxazole rings is 1. The van der Waals surface area contributed by atoms with Crippen LogP contribution in [0, 0.1) is 6.92 Å². The van der Waals surface area contributed by atoms with Crippen LogP contribution in [0.25, 0.3) is 0 Å². The van der Waals surface area contributed by atoms with E-state index in [9.17, 15) is 0 Å². The summed E-state index contributed by atoms with van der Waals surface area (Å²) in [5, 5.41) is 3.29. The Morgan fingerprint density at radius 3 is 3.14 bits per heavy atom. The highest BCUT2D eigenvalue weighted by Crippen LogP contribution is 2.12. The van der Waals surface area contributed by atoms with Gasteiger partial charge in [-0.25, -0.2) is 4.98 Å². The van der Waals surface area contributed by atoms with Crippen LogP contribution in [0.15, 0.2) is 10.6 Å². The van der Waals surface area contributed by atoms with E-state index in [0.717, 1.165) is 31.3 Å². The first-order chi connectivity index (χ1) is 6.78. The topological polar surface area (TPSA) is 41.3 Å². The summed E-state index contributed by atoms with van der Waals surface area (Å²) in [6.45, 7) is 4.99. The van der Waals surface area contributed by atoms with E-state index in [1.54, 1.807) is 6.20 Å². The second-order valence-electron chi connectivity index (χ2n) is 3.87. The molecule has 1 fully saturated rings. The van der Waals surface area contributed by atoms with Crippen LogP contribution in [0.4, 0.5) is 0 Å². The van der Waals surface area contributed by atoms with Crippen molar-refractivity contribution in [2.24, 2.45) is 0 Å². The van der Waals surface area contributed by atoms with Gasteiger partial charge in [0.15, 0.2) is 0 Å². The van der Waals surface area contributed by atoms with Crippen molar-refractivity contribution in [2.45, 2.75) is 25.9 Å². The largest absolute Gasteiger partial charge is 0.445 e. The Morgan fingerprint density at radius 1 is 1.71 bits per heavy atom. The van der Waals surface area contributed by atoms with E-state index < -0.39 is 0 Å². The molecule has 0 aliphatic carbocycles. The Hall–Kier alpha value is -0.870. The number of likely N-dealkylation sites (tertiary alicyclic amines) is 1. The first-order valence-corrected chi connectivity index (χ1v) is 5.09. The third-order valence-corrected chi connectivity index (χ3v) is 2.71. The van der Waals surface area contributed by atoms with Crippen molar-refractivity contribution in [3.8, 4) is 0 Å². The van der Waals surface area contributed by atoms with Crippen molar-refractivity contribution >= 4 is 0 Å². The standard InChI is InChI=1S/C10H17N3O/c1-8-5-12-10(14-8)7-13-4-3-9(6-13)11-2/h5,9,11H,3-4,6-7H2,1-2H3. The Kier molecular flexibility index (Phi) is 2.84. The van der Waals surface area contributed by atoms with Crippen LogP contribution < -0.4 is 5.32 Å². The summed E-state index contributed by atoms with van der Waals surface area (Å²) in [4.78, 5) is 6.57. The van der Waals surface area contributed by atoms with E-state index in [2.05, 4.69) is 15.2 Å². The lowest BCUT2D eigenvalue weighted by Gasteiger charge is -2.12. The number of nitrogens with one attached hydrogen (secondary N) is 1. The first kappa shape index (κ1) is 9.68. The molecular formula is C10H17N3O. The minimum Gasteiger partial charge on any atom is -0.445 e. The lowest BCUT2D eigenvalue weighted by atomic mass is 10.3. The van der Waals surface area contributed by atoms with Crippen molar-refractivity contribution in [1.29, 1.82) is 0 Å². The number of aryl methyl sites for hydroxylation is 1. The molecule has 0 bridgehead atoms.